The Kier molecular flexibility index (Phi) is 1.69. The Balaban J connectivity index is 1.48. The molecule has 1 aromatic rings. The molecule has 0 aliphatic heterocycles. The van der Waals surface area contributed by atoms with Gasteiger partial charge in [-0.05, 0) is 37.2 Å². The molecule has 1 N–H and O–H groups in total. The highest BCUT2D eigenvalue weighted by molar-refractivity contribution is 5.06. The van der Waals surface area contributed by atoms with Crippen LogP contribution in [0.25, 0.3) is 0 Å². The molecule has 1 aromatic heterocycles. The summed E-state index contributed by atoms with van der Waals surface area (Å²) >= 11 is 0. The highest BCUT2D eigenvalue weighted by Crippen LogP contribution is 2.51. The van der Waals surface area contributed by atoms with Gasteiger partial charge in [0.15, 0.2) is 0 Å². The summed E-state index contributed by atoms with van der Waals surface area (Å²) in [5.74, 6) is 2.14. The number of furan rings is 1. The van der Waals surface area contributed by atoms with Crippen molar-refractivity contribution in [3.05, 3.63) is 24.2 Å². The van der Waals surface area contributed by atoms with Crippen LogP contribution in [-0.2, 0) is 6.54 Å². The number of hydrogen-bond acceptors (Lipinski definition) is 2. The van der Waals surface area contributed by atoms with Gasteiger partial charge in [0.1, 0.15) is 0 Å². The zero-order valence-corrected chi connectivity index (χ0v) is 7.70. The van der Waals surface area contributed by atoms with Crippen LogP contribution in [0, 0.1) is 11.8 Å². The SMILES string of the molecule is c1cc(CNC2CC3CC3C2)co1. The molecule has 0 radical (unpaired) electrons. The standard InChI is InChI=1S/C11H15NO/c1-2-13-7-8(1)6-12-11-4-9-3-10(9)5-11/h1-2,7,9-12H,3-6H2. The maximum atomic E-state index is 5.02. The lowest BCUT2D eigenvalue weighted by Crippen LogP contribution is -2.26. The van der Waals surface area contributed by atoms with Crippen molar-refractivity contribution in [2.45, 2.75) is 31.8 Å². The molecule has 0 spiro atoms. The van der Waals surface area contributed by atoms with Crippen molar-refractivity contribution in [1.29, 1.82) is 0 Å². The van der Waals surface area contributed by atoms with E-state index in [-0.39, 0.29) is 0 Å². The van der Waals surface area contributed by atoms with Crippen LogP contribution in [-0.4, -0.2) is 6.04 Å². The summed E-state index contributed by atoms with van der Waals surface area (Å²) in [6.45, 7) is 0.973. The van der Waals surface area contributed by atoms with Crippen molar-refractivity contribution < 1.29 is 4.42 Å². The van der Waals surface area contributed by atoms with Crippen LogP contribution in [0.5, 0.6) is 0 Å². The third-order valence-electron chi connectivity index (χ3n) is 3.42. The summed E-state index contributed by atoms with van der Waals surface area (Å²) in [5, 5.41) is 3.58. The Bertz CT molecular complexity index is 270. The number of hydrogen-bond donors (Lipinski definition) is 1. The van der Waals surface area contributed by atoms with Crippen LogP contribution in [0.2, 0.25) is 0 Å². The van der Waals surface area contributed by atoms with E-state index in [1.54, 1.807) is 6.26 Å². The Hall–Kier alpha value is -0.760. The van der Waals surface area contributed by atoms with Gasteiger partial charge in [-0.3, -0.25) is 0 Å². The molecule has 2 saturated carbocycles. The van der Waals surface area contributed by atoms with Gasteiger partial charge < -0.3 is 9.73 Å². The van der Waals surface area contributed by atoms with Gasteiger partial charge in [0.25, 0.3) is 0 Å². The zero-order valence-electron chi connectivity index (χ0n) is 7.70. The fourth-order valence-electron chi connectivity index (χ4n) is 2.54. The maximum Gasteiger partial charge on any atom is 0.0947 e. The molecule has 0 saturated heterocycles. The lowest BCUT2D eigenvalue weighted by Gasteiger charge is -2.12. The van der Waals surface area contributed by atoms with Crippen molar-refractivity contribution >= 4 is 0 Å². The molecular weight excluding hydrogens is 162 g/mol. The third kappa shape index (κ3) is 1.51. The van der Waals surface area contributed by atoms with E-state index in [4.69, 9.17) is 4.42 Å². The van der Waals surface area contributed by atoms with Crippen molar-refractivity contribution in [3.8, 4) is 0 Å². The molecule has 1 heterocycles. The van der Waals surface area contributed by atoms with Gasteiger partial charge in [0.2, 0.25) is 0 Å². The summed E-state index contributed by atoms with van der Waals surface area (Å²) < 4.78 is 5.02. The largest absolute Gasteiger partial charge is 0.472 e. The quantitative estimate of drug-likeness (QED) is 0.765. The summed E-state index contributed by atoms with van der Waals surface area (Å²) in [6.07, 6.45) is 7.88. The highest BCUT2D eigenvalue weighted by Gasteiger charge is 2.45. The number of rotatable bonds is 3. The maximum absolute atomic E-state index is 5.02. The number of nitrogens with one attached hydrogen (secondary N) is 1. The second-order valence-electron chi connectivity index (χ2n) is 4.44. The third-order valence-corrected chi connectivity index (χ3v) is 3.42. The van der Waals surface area contributed by atoms with Crippen molar-refractivity contribution in [3.63, 3.8) is 0 Å². The smallest absolute Gasteiger partial charge is 0.0947 e. The van der Waals surface area contributed by atoms with Gasteiger partial charge in [-0.2, -0.15) is 0 Å². The summed E-state index contributed by atoms with van der Waals surface area (Å²) in [4.78, 5) is 0. The zero-order chi connectivity index (χ0) is 8.67. The molecule has 3 rings (SSSR count). The molecule has 0 bridgehead atoms. The van der Waals surface area contributed by atoms with Crippen molar-refractivity contribution in [2.24, 2.45) is 11.8 Å². The monoisotopic (exact) mass is 177 g/mol. The highest BCUT2D eigenvalue weighted by atomic mass is 16.3. The lowest BCUT2D eigenvalue weighted by molar-refractivity contribution is 0.477. The van der Waals surface area contributed by atoms with Crippen LogP contribution in [0.4, 0.5) is 0 Å². The van der Waals surface area contributed by atoms with Crippen molar-refractivity contribution in [2.75, 3.05) is 0 Å². The average Bonchev–Trinajstić information content (AvgIpc) is 2.64. The van der Waals surface area contributed by atoms with E-state index < -0.39 is 0 Å². The second kappa shape index (κ2) is 2.88. The van der Waals surface area contributed by atoms with E-state index in [9.17, 15) is 0 Å². The molecule has 2 unspecified atom stereocenters. The first-order valence-electron chi connectivity index (χ1n) is 5.16. The Labute approximate surface area is 78.3 Å². The van der Waals surface area contributed by atoms with Gasteiger partial charge in [0.05, 0.1) is 12.5 Å². The molecule has 70 valence electrons. The summed E-state index contributed by atoms with van der Waals surface area (Å²) in [7, 11) is 0. The van der Waals surface area contributed by atoms with Gasteiger partial charge in [-0.25, -0.2) is 0 Å². The minimum absolute atomic E-state index is 0.777. The fourth-order valence-corrected chi connectivity index (χ4v) is 2.54. The molecule has 2 aliphatic carbocycles. The average molecular weight is 177 g/mol. The number of fused-ring (bicyclic) bond motifs is 1. The normalized spacial score (nSPS) is 36.2. The Morgan fingerprint density at radius 2 is 2.15 bits per heavy atom. The van der Waals surface area contributed by atoms with E-state index in [0.29, 0.717) is 0 Å². The van der Waals surface area contributed by atoms with Crippen LogP contribution < -0.4 is 5.32 Å². The first-order valence-corrected chi connectivity index (χ1v) is 5.16. The molecular formula is C11H15NO. The molecule has 2 aliphatic rings. The molecule has 2 atom stereocenters. The van der Waals surface area contributed by atoms with E-state index in [1.165, 1.54) is 24.8 Å². The van der Waals surface area contributed by atoms with E-state index in [0.717, 1.165) is 24.4 Å². The van der Waals surface area contributed by atoms with Crippen LogP contribution in [0.1, 0.15) is 24.8 Å². The summed E-state index contributed by atoms with van der Waals surface area (Å²) in [6, 6.07) is 2.81. The van der Waals surface area contributed by atoms with Crippen LogP contribution in [0.15, 0.2) is 23.0 Å². The molecule has 2 nitrogen and oxygen atoms in total. The fraction of sp³-hybridized carbons (Fsp3) is 0.636. The molecule has 0 aromatic carbocycles. The van der Waals surface area contributed by atoms with Gasteiger partial charge in [-0.15, -0.1) is 0 Å². The molecule has 0 amide bonds. The van der Waals surface area contributed by atoms with Gasteiger partial charge >= 0.3 is 0 Å². The Morgan fingerprint density at radius 1 is 1.31 bits per heavy atom. The minimum Gasteiger partial charge on any atom is -0.472 e. The Morgan fingerprint density at radius 3 is 2.85 bits per heavy atom. The molecule has 2 heteroatoms. The predicted octanol–water partition coefficient (Wildman–Crippen LogP) is 2.17. The van der Waals surface area contributed by atoms with Gasteiger partial charge in [-0.1, -0.05) is 0 Å². The van der Waals surface area contributed by atoms with E-state index in [1.807, 2.05) is 12.3 Å². The first kappa shape index (κ1) is 7.63. The predicted molar refractivity (Wildman–Crippen MR) is 50.2 cm³/mol. The minimum atomic E-state index is 0.777. The van der Waals surface area contributed by atoms with E-state index >= 15 is 0 Å². The van der Waals surface area contributed by atoms with Crippen molar-refractivity contribution in [1.82, 2.24) is 5.32 Å². The molecule has 13 heavy (non-hydrogen) atoms. The van der Waals surface area contributed by atoms with Gasteiger partial charge in [0, 0.05) is 18.2 Å². The lowest BCUT2D eigenvalue weighted by atomic mass is 10.1. The molecule has 2 fully saturated rings. The second-order valence-corrected chi connectivity index (χ2v) is 4.44. The first-order chi connectivity index (χ1) is 6.42. The van der Waals surface area contributed by atoms with Crippen LogP contribution >= 0.6 is 0 Å². The van der Waals surface area contributed by atoms with Crippen LogP contribution in [0.3, 0.4) is 0 Å². The topological polar surface area (TPSA) is 25.2 Å². The van der Waals surface area contributed by atoms with E-state index in [2.05, 4.69) is 5.32 Å². The summed E-state index contributed by atoms with van der Waals surface area (Å²) in [5.41, 5.74) is 1.26.